The van der Waals surface area contributed by atoms with Gasteiger partial charge in [0.1, 0.15) is 0 Å². The summed E-state index contributed by atoms with van der Waals surface area (Å²) < 4.78 is 0.460. The summed E-state index contributed by atoms with van der Waals surface area (Å²) >= 11 is 2.09. The van der Waals surface area contributed by atoms with Crippen LogP contribution in [0.5, 0.6) is 0 Å². The van der Waals surface area contributed by atoms with Gasteiger partial charge in [-0.05, 0) is 24.3 Å². The van der Waals surface area contributed by atoms with E-state index in [1.165, 1.54) is 0 Å². The maximum atomic E-state index is 12.0. The third-order valence-corrected chi connectivity index (χ3v) is 3.05. The fourth-order valence-electron chi connectivity index (χ4n) is 1.65. The van der Waals surface area contributed by atoms with Crippen LogP contribution in [0.4, 0.5) is 11.4 Å². The molecule has 0 atom stereocenters. The lowest BCUT2D eigenvalue weighted by Crippen LogP contribution is -2.26. The maximum Gasteiger partial charge on any atom is 0.241 e. The Hall–Kier alpha value is -1.36. The van der Waals surface area contributed by atoms with E-state index in [9.17, 15) is 4.79 Å². The Bertz CT molecular complexity index is 445. The smallest absolute Gasteiger partial charge is 0.241 e. The molecule has 0 fully saturated rings. The first-order valence-corrected chi connectivity index (χ1v) is 6.84. The van der Waals surface area contributed by atoms with Gasteiger partial charge in [0.05, 0.1) is 4.43 Å². The molecular weight excluding hydrogens is 325 g/mol. The quantitative estimate of drug-likeness (QED) is 0.617. The van der Waals surface area contributed by atoms with Crippen LogP contribution in [0.15, 0.2) is 60.7 Å². The van der Waals surface area contributed by atoms with Gasteiger partial charge in [-0.25, -0.2) is 0 Å². The minimum atomic E-state index is 0.0861. The number of hydrogen-bond donors (Lipinski definition) is 0. The molecule has 1 amide bonds. The Morgan fingerprint density at radius 1 is 0.882 bits per heavy atom. The zero-order valence-electron chi connectivity index (χ0n) is 9.21. The highest BCUT2D eigenvalue weighted by Crippen LogP contribution is 2.25. The Kier molecular flexibility index (Phi) is 4.14. The number of amides is 1. The van der Waals surface area contributed by atoms with Crippen molar-refractivity contribution in [3.63, 3.8) is 0 Å². The molecule has 0 aliphatic rings. The largest absolute Gasteiger partial charge is 0.280 e. The number of carbonyl (C=O) groups excluding carboxylic acids is 1. The van der Waals surface area contributed by atoms with Gasteiger partial charge in [0.2, 0.25) is 5.91 Å². The highest BCUT2D eigenvalue weighted by Gasteiger charge is 2.15. The van der Waals surface area contributed by atoms with E-state index < -0.39 is 0 Å². The maximum absolute atomic E-state index is 12.0. The van der Waals surface area contributed by atoms with E-state index in [1.54, 1.807) is 4.90 Å². The first-order valence-electron chi connectivity index (χ1n) is 5.32. The molecule has 0 saturated heterocycles. The zero-order chi connectivity index (χ0) is 12.1. The number of para-hydroxylation sites is 2. The molecule has 2 aromatic rings. The molecule has 0 aliphatic carbocycles. The number of nitrogens with zero attached hydrogens (tertiary/aromatic N) is 1. The van der Waals surface area contributed by atoms with E-state index >= 15 is 0 Å². The average molecular weight is 337 g/mol. The van der Waals surface area contributed by atoms with Gasteiger partial charge in [-0.3, -0.25) is 9.69 Å². The molecule has 0 spiro atoms. The Morgan fingerprint density at radius 2 is 1.29 bits per heavy atom. The molecule has 3 heteroatoms. The number of carbonyl (C=O) groups is 1. The van der Waals surface area contributed by atoms with Gasteiger partial charge in [-0.1, -0.05) is 59.0 Å². The standard InChI is InChI=1S/C14H12INO/c15-11-14(17)16(12-7-3-1-4-8-12)13-9-5-2-6-10-13/h1-10H,11H2. The van der Waals surface area contributed by atoms with Crippen LogP contribution in [0.2, 0.25) is 0 Å². The van der Waals surface area contributed by atoms with Crippen LogP contribution in [-0.4, -0.2) is 10.3 Å². The molecule has 0 aromatic heterocycles. The van der Waals surface area contributed by atoms with Crippen LogP contribution in [0.25, 0.3) is 0 Å². The predicted octanol–water partition coefficient (Wildman–Crippen LogP) is 3.79. The second kappa shape index (κ2) is 5.82. The van der Waals surface area contributed by atoms with Crippen LogP contribution in [0.1, 0.15) is 0 Å². The van der Waals surface area contributed by atoms with E-state index in [4.69, 9.17) is 0 Å². The topological polar surface area (TPSA) is 20.3 Å². The summed E-state index contributed by atoms with van der Waals surface area (Å²) in [5.74, 6) is 0.0861. The fraction of sp³-hybridized carbons (Fsp3) is 0.0714. The monoisotopic (exact) mass is 337 g/mol. The van der Waals surface area contributed by atoms with Crippen molar-refractivity contribution in [1.29, 1.82) is 0 Å². The first-order chi connectivity index (χ1) is 8.33. The van der Waals surface area contributed by atoms with Crippen molar-refractivity contribution in [3.05, 3.63) is 60.7 Å². The molecule has 0 saturated carbocycles. The Labute approximate surface area is 114 Å². The average Bonchev–Trinajstić information content (AvgIpc) is 2.41. The van der Waals surface area contributed by atoms with E-state index in [0.717, 1.165) is 11.4 Å². The lowest BCUT2D eigenvalue weighted by molar-refractivity contribution is -0.115. The molecule has 2 rings (SSSR count). The predicted molar refractivity (Wildman–Crippen MR) is 78.9 cm³/mol. The van der Waals surface area contributed by atoms with E-state index in [-0.39, 0.29) is 5.91 Å². The third kappa shape index (κ3) is 2.85. The van der Waals surface area contributed by atoms with Crippen molar-refractivity contribution < 1.29 is 4.79 Å². The number of anilines is 2. The first kappa shape index (κ1) is 12.1. The summed E-state index contributed by atoms with van der Waals surface area (Å²) in [5, 5.41) is 0. The van der Waals surface area contributed by atoms with Gasteiger partial charge in [-0.15, -0.1) is 0 Å². The van der Waals surface area contributed by atoms with Gasteiger partial charge in [0.15, 0.2) is 0 Å². The van der Waals surface area contributed by atoms with Gasteiger partial charge in [-0.2, -0.15) is 0 Å². The zero-order valence-corrected chi connectivity index (χ0v) is 11.4. The molecular formula is C14H12INO. The van der Waals surface area contributed by atoms with Gasteiger partial charge in [0, 0.05) is 11.4 Å². The van der Waals surface area contributed by atoms with Crippen molar-refractivity contribution >= 4 is 39.9 Å². The van der Waals surface area contributed by atoms with Crippen molar-refractivity contribution in [3.8, 4) is 0 Å². The summed E-state index contributed by atoms with van der Waals surface area (Å²) in [4.78, 5) is 13.8. The van der Waals surface area contributed by atoms with Crippen LogP contribution >= 0.6 is 22.6 Å². The van der Waals surface area contributed by atoms with Crippen LogP contribution in [-0.2, 0) is 4.79 Å². The second-order valence-electron chi connectivity index (χ2n) is 3.53. The number of halogens is 1. The van der Waals surface area contributed by atoms with Crippen molar-refractivity contribution in [1.82, 2.24) is 0 Å². The van der Waals surface area contributed by atoms with Crippen molar-refractivity contribution in [2.24, 2.45) is 0 Å². The molecule has 86 valence electrons. The number of alkyl halides is 1. The molecule has 0 N–H and O–H groups in total. The van der Waals surface area contributed by atoms with Gasteiger partial charge < -0.3 is 0 Å². The molecule has 0 heterocycles. The fourth-order valence-corrected chi connectivity index (χ4v) is 1.99. The normalized spacial score (nSPS) is 9.94. The van der Waals surface area contributed by atoms with E-state index in [2.05, 4.69) is 22.6 Å². The summed E-state index contributed by atoms with van der Waals surface area (Å²) in [6, 6.07) is 19.4. The summed E-state index contributed by atoms with van der Waals surface area (Å²) in [7, 11) is 0. The summed E-state index contributed by atoms with van der Waals surface area (Å²) in [6.07, 6.45) is 0. The molecule has 2 aromatic carbocycles. The summed E-state index contributed by atoms with van der Waals surface area (Å²) in [6.45, 7) is 0. The Morgan fingerprint density at radius 3 is 1.65 bits per heavy atom. The molecule has 0 bridgehead atoms. The molecule has 0 radical (unpaired) electrons. The number of hydrogen-bond acceptors (Lipinski definition) is 1. The SMILES string of the molecule is O=C(CI)N(c1ccccc1)c1ccccc1. The summed E-state index contributed by atoms with van der Waals surface area (Å²) in [5.41, 5.74) is 1.81. The van der Waals surface area contributed by atoms with Crippen LogP contribution in [0.3, 0.4) is 0 Å². The van der Waals surface area contributed by atoms with Gasteiger partial charge in [0.25, 0.3) is 0 Å². The molecule has 0 unspecified atom stereocenters. The van der Waals surface area contributed by atoms with E-state index in [1.807, 2.05) is 60.7 Å². The molecule has 0 aliphatic heterocycles. The highest BCUT2D eigenvalue weighted by atomic mass is 127. The minimum absolute atomic E-state index is 0.0861. The van der Waals surface area contributed by atoms with Crippen molar-refractivity contribution in [2.45, 2.75) is 0 Å². The van der Waals surface area contributed by atoms with Crippen molar-refractivity contribution in [2.75, 3.05) is 9.33 Å². The Balaban J connectivity index is 2.43. The lowest BCUT2D eigenvalue weighted by Gasteiger charge is -2.22. The lowest BCUT2D eigenvalue weighted by atomic mass is 10.2. The number of benzene rings is 2. The van der Waals surface area contributed by atoms with Crippen LogP contribution in [0, 0.1) is 0 Å². The molecule has 17 heavy (non-hydrogen) atoms. The van der Waals surface area contributed by atoms with Crippen LogP contribution < -0.4 is 4.90 Å². The van der Waals surface area contributed by atoms with E-state index in [0.29, 0.717) is 4.43 Å². The minimum Gasteiger partial charge on any atom is -0.280 e. The number of rotatable bonds is 3. The second-order valence-corrected chi connectivity index (χ2v) is 4.30. The highest BCUT2D eigenvalue weighted by molar-refractivity contribution is 14.1. The van der Waals surface area contributed by atoms with Gasteiger partial charge >= 0.3 is 0 Å². The molecule has 2 nitrogen and oxygen atoms in total. The third-order valence-electron chi connectivity index (χ3n) is 2.39.